The van der Waals surface area contributed by atoms with Crippen LogP contribution >= 0.6 is 11.6 Å². The summed E-state index contributed by atoms with van der Waals surface area (Å²) in [6.07, 6.45) is 2.46. The maximum atomic E-state index is 13.9. The number of rotatable bonds is 5. The predicted octanol–water partition coefficient (Wildman–Crippen LogP) is 3.93. The molecule has 2 saturated heterocycles. The summed E-state index contributed by atoms with van der Waals surface area (Å²) in [5.41, 5.74) is 0.647. The molecule has 0 spiro atoms. The van der Waals surface area contributed by atoms with Crippen molar-refractivity contribution in [2.75, 3.05) is 13.7 Å². The van der Waals surface area contributed by atoms with Gasteiger partial charge in [-0.2, -0.15) is 0 Å². The van der Waals surface area contributed by atoms with E-state index in [0.29, 0.717) is 24.3 Å². The van der Waals surface area contributed by atoms with Crippen molar-refractivity contribution in [3.05, 3.63) is 47.6 Å². The molecule has 5 atom stereocenters. The summed E-state index contributed by atoms with van der Waals surface area (Å²) in [4.78, 5) is 0. The lowest BCUT2D eigenvalue weighted by Gasteiger charge is -2.51. The van der Waals surface area contributed by atoms with Gasteiger partial charge in [0.2, 0.25) is 0 Å². The highest BCUT2D eigenvalue weighted by Crippen LogP contribution is 2.40. The molecule has 7 nitrogen and oxygen atoms in total. The molecule has 0 bridgehead atoms. The Morgan fingerprint density at radius 3 is 2.84 bits per heavy atom. The van der Waals surface area contributed by atoms with E-state index in [9.17, 15) is 8.78 Å². The van der Waals surface area contributed by atoms with Crippen molar-refractivity contribution in [3.8, 4) is 11.3 Å². The highest BCUT2D eigenvalue weighted by atomic mass is 35.5. The molecule has 1 aromatic heterocycles. The summed E-state index contributed by atoms with van der Waals surface area (Å²) in [6.45, 7) is 7.80. The summed E-state index contributed by atoms with van der Waals surface area (Å²) >= 11 is 5.80. The van der Waals surface area contributed by atoms with E-state index in [1.807, 2.05) is 13.8 Å². The van der Waals surface area contributed by atoms with Crippen LogP contribution < -0.4 is 0 Å². The Balaban J connectivity index is 1.73. The summed E-state index contributed by atoms with van der Waals surface area (Å²) in [5.74, 6) is -2.98. The maximum absolute atomic E-state index is 13.9. The first-order chi connectivity index (χ1) is 14.7. The number of hydrogen-bond donors (Lipinski definition) is 0. The van der Waals surface area contributed by atoms with E-state index in [0.717, 1.165) is 6.07 Å². The van der Waals surface area contributed by atoms with Gasteiger partial charge in [0.05, 0.1) is 23.9 Å². The van der Waals surface area contributed by atoms with Crippen LogP contribution in [0, 0.1) is 11.6 Å². The molecule has 168 valence electrons. The molecule has 0 aliphatic carbocycles. The van der Waals surface area contributed by atoms with Gasteiger partial charge in [-0.25, -0.2) is 13.5 Å². The number of hydrogen-bond acceptors (Lipinski definition) is 6. The summed E-state index contributed by atoms with van der Waals surface area (Å²) in [6, 6.07) is 1.94. The third kappa shape index (κ3) is 4.25. The van der Waals surface area contributed by atoms with Crippen LogP contribution in [-0.2, 0) is 18.9 Å². The molecular weight excluding hydrogens is 432 g/mol. The van der Waals surface area contributed by atoms with Crippen LogP contribution in [0.3, 0.4) is 0 Å². The van der Waals surface area contributed by atoms with Gasteiger partial charge in [0.1, 0.15) is 30.0 Å². The fourth-order valence-corrected chi connectivity index (χ4v) is 4.34. The third-order valence-electron chi connectivity index (χ3n) is 5.54. The van der Waals surface area contributed by atoms with Crippen LogP contribution in [0.25, 0.3) is 11.3 Å². The van der Waals surface area contributed by atoms with Crippen molar-refractivity contribution < 1.29 is 27.7 Å². The summed E-state index contributed by atoms with van der Waals surface area (Å²) < 4.78 is 53.0. The van der Waals surface area contributed by atoms with Crippen molar-refractivity contribution in [1.82, 2.24) is 15.0 Å². The van der Waals surface area contributed by atoms with Crippen LogP contribution in [0.2, 0.25) is 5.02 Å². The van der Waals surface area contributed by atoms with Gasteiger partial charge < -0.3 is 18.9 Å². The highest BCUT2D eigenvalue weighted by Gasteiger charge is 2.52. The second-order valence-electron chi connectivity index (χ2n) is 8.06. The van der Waals surface area contributed by atoms with E-state index in [2.05, 4.69) is 16.9 Å². The predicted molar refractivity (Wildman–Crippen MR) is 109 cm³/mol. The van der Waals surface area contributed by atoms with E-state index >= 15 is 0 Å². The SMILES string of the molecule is C=CC[C@H]1O[C@@H]2COC(C)(C)O[C@@H]2[C@H](n2cc(-c3cc(F)c(F)c(Cl)c3)nn2)[C@H]1OC. The second-order valence-corrected chi connectivity index (χ2v) is 8.47. The molecule has 2 fully saturated rings. The van der Waals surface area contributed by atoms with E-state index in [1.54, 1.807) is 24.1 Å². The standard InChI is InChI=1S/C21H24ClF2N3O4/c1-5-6-15-19(28-4)18(20-16(30-15)10-29-21(2,3)31-20)27-9-14(25-26-27)11-7-12(22)17(24)13(23)8-11/h5,7-9,15-16,18-20H,1,6,10H2,2-4H3/t15-,16-,18-,19+,20+/m1/s1. The van der Waals surface area contributed by atoms with Crippen LogP contribution in [0.5, 0.6) is 0 Å². The number of halogens is 3. The smallest absolute Gasteiger partial charge is 0.177 e. The molecule has 4 rings (SSSR count). The van der Waals surface area contributed by atoms with Crippen LogP contribution in [0.1, 0.15) is 26.3 Å². The van der Waals surface area contributed by atoms with Gasteiger partial charge in [-0.3, -0.25) is 0 Å². The Morgan fingerprint density at radius 2 is 2.16 bits per heavy atom. The zero-order chi connectivity index (χ0) is 22.3. The molecule has 3 heterocycles. The van der Waals surface area contributed by atoms with Gasteiger partial charge in [0, 0.05) is 12.7 Å². The van der Waals surface area contributed by atoms with Crippen molar-refractivity contribution in [1.29, 1.82) is 0 Å². The normalized spacial score (nSPS) is 30.1. The molecule has 0 saturated carbocycles. The van der Waals surface area contributed by atoms with E-state index in [1.165, 1.54) is 6.07 Å². The maximum Gasteiger partial charge on any atom is 0.177 e. The average Bonchev–Trinajstić information content (AvgIpc) is 3.20. The van der Waals surface area contributed by atoms with Crippen LogP contribution in [0.15, 0.2) is 31.0 Å². The molecule has 0 amide bonds. The van der Waals surface area contributed by atoms with Crippen molar-refractivity contribution >= 4 is 11.6 Å². The lowest BCUT2D eigenvalue weighted by molar-refractivity contribution is -0.349. The van der Waals surface area contributed by atoms with Gasteiger partial charge in [-0.15, -0.1) is 11.7 Å². The molecular formula is C21H24ClF2N3O4. The molecule has 0 radical (unpaired) electrons. The number of methoxy groups -OCH3 is 1. The van der Waals surface area contributed by atoms with E-state index < -0.39 is 35.7 Å². The van der Waals surface area contributed by atoms with Crippen LogP contribution in [0.4, 0.5) is 8.78 Å². The molecule has 0 unspecified atom stereocenters. The lowest BCUT2D eigenvalue weighted by Crippen LogP contribution is -2.62. The summed E-state index contributed by atoms with van der Waals surface area (Å²) in [7, 11) is 1.59. The monoisotopic (exact) mass is 455 g/mol. The molecule has 10 heteroatoms. The van der Waals surface area contributed by atoms with Gasteiger partial charge in [-0.1, -0.05) is 22.9 Å². The third-order valence-corrected chi connectivity index (χ3v) is 5.81. The number of fused-ring (bicyclic) bond motifs is 1. The van der Waals surface area contributed by atoms with Crippen molar-refractivity contribution in [2.24, 2.45) is 0 Å². The molecule has 2 aliphatic heterocycles. The minimum Gasteiger partial charge on any atom is -0.376 e. The zero-order valence-corrected chi connectivity index (χ0v) is 18.2. The Labute approximate surface area is 183 Å². The quantitative estimate of drug-likeness (QED) is 0.502. The fourth-order valence-electron chi connectivity index (χ4n) is 4.13. The average molecular weight is 456 g/mol. The molecule has 0 N–H and O–H groups in total. The Kier molecular flexibility index (Phi) is 6.15. The second kappa shape index (κ2) is 8.55. The first-order valence-electron chi connectivity index (χ1n) is 9.91. The van der Waals surface area contributed by atoms with Crippen LogP contribution in [-0.4, -0.2) is 58.9 Å². The number of nitrogens with zero attached hydrogens (tertiary/aromatic N) is 3. The van der Waals surface area contributed by atoms with Crippen molar-refractivity contribution in [3.63, 3.8) is 0 Å². The van der Waals surface area contributed by atoms with E-state index in [4.69, 9.17) is 30.5 Å². The minimum absolute atomic E-state index is 0.299. The van der Waals surface area contributed by atoms with Gasteiger partial charge in [0.25, 0.3) is 0 Å². The fraction of sp³-hybridized carbons (Fsp3) is 0.524. The van der Waals surface area contributed by atoms with Gasteiger partial charge in [0.15, 0.2) is 17.4 Å². The van der Waals surface area contributed by atoms with Crippen molar-refractivity contribution in [2.45, 2.75) is 56.5 Å². The largest absolute Gasteiger partial charge is 0.376 e. The Bertz CT molecular complexity index is 947. The Morgan fingerprint density at radius 1 is 1.39 bits per heavy atom. The first kappa shape index (κ1) is 22.3. The van der Waals surface area contributed by atoms with Gasteiger partial charge in [-0.05, 0) is 32.4 Å². The Hall–Kier alpha value is -1.91. The molecule has 31 heavy (non-hydrogen) atoms. The number of aromatic nitrogens is 3. The minimum atomic E-state index is -1.10. The lowest BCUT2D eigenvalue weighted by atomic mass is 9.90. The first-order valence-corrected chi connectivity index (χ1v) is 10.3. The summed E-state index contributed by atoms with van der Waals surface area (Å²) in [5, 5.41) is 8.08. The van der Waals surface area contributed by atoms with Gasteiger partial charge >= 0.3 is 0 Å². The zero-order valence-electron chi connectivity index (χ0n) is 17.4. The number of ether oxygens (including phenoxy) is 4. The topological polar surface area (TPSA) is 67.6 Å². The molecule has 2 aromatic rings. The molecule has 1 aromatic carbocycles. The molecule has 2 aliphatic rings. The highest BCUT2D eigenvalue weighted by molar-refractivity contribution is 6.31. The number of benzene rings is 1. The van der Waals surface area contributed by atoms with E-state index in [-0.39, 0.29) is 17.2 Å².